The van der Waals surface area contributed by atoms with Gasteiger partial charge in [-0.15, -0.1) is 0 Å². The molecule has 5 nitrogen and oxygen atoms in total. The number of aromatic nitrogens is 1. The average Bonchev–Trinajstić information content (AvgIpc) is 3.18. The SMILES string of the molecule is CCOC(=O)c1c(C)[nH]c2ccc(OCC3CO3)cc12. The van der Waals surface area contributed by atoms with Gasteiger partial charge in [-0.25, -0.2) is 4.79 Å². The van der Waals surface area contributed by atoms with E-state index in [0.29, 0.717) is 18.8 Å². The number of aryl methyl sites for hydroxylation is 1. The van der Waals surface area contributed by atoms with Crippen molar-refractivity contribution in [3.63, 3.8) is 0 Å². The van der Waals surface area contributed by atoms with Crippen molar-refractivity contribution >= 4 is 16.9 Å². The predicted octanol–water partition coefficient (Wildman–Crippen LogP) is 2.43. The van der Waals surface area contributed by atoms with E-state index in [0.717, 1.165) is 29.0 Å². The molecule has 1 N–H and O–H groups in total. The lowest BCUT2D eigenvalue weighted by atomic mass is 10.1. The Morgan fingerprint density at radius 3 is 3.00 bits per heavy atom. The first-order valence-corrected chi connectivity index (χ1v) is 6.73. The second-order valence-electron chi connectivity index (χ2n) is 4.82. The lowest BCUT2D eigenvalue weighted by molar-refractivity contribution is 0.0528. The number of benzene rings is 1. The summed E-state index contributed by atoms with van der Waals surface area (Å²) in [5.41, 5.74) is 2.29. The lowest BCUT2D eigenvalue weighted by Gasteiger charge is -2.05. The van der Waals surface area contributed by atoms with E-state index in [-0.39, 0.29) is 12.1 Å². The molecule has 0 bridgehead atoms. The summed E-state index contributed by atoms with van der Waals surface area (Å²) in [6.07, 6.45) is 0.211. The fourth-order valence-corrected chi connectivity index (χ4v) is 2.22. The lowest BCUT2D eigenvalue weighted by Crippen LogP contribution is -2.06. The minimum Gasteiger partial charge on any atom is -0.491 e. The Bertz CT molecular complexity index is 643. The number of carbonyl (C=O) groups is 1. The topological polar surface area (TPSA) is 63.9 Å². The highest BCUT2D eigenvalue weighted by molar-refractivity contribution is 6.05. The second-order valence-corrected chi connectivity index (χ2v) is 4.82. The van der Waals surface area contributed by atoms with Gasteiger partial charge >= 0.3 is 5.97 Å². The zero-order valence-corrected chi connectivity index (χ0v) is 11.6. The van der Waals surface area contributed by atoms with Crippen LogP contribution in [0.1, 0.15) is 23.0 Å². The maximum atomic E-state index is 12.0. The Hall–Kier alpha value is -2.01. The fraction of sp³-hybridized carbons (Fsp3) is 0.400. The normalized spacial score (nSPS) is 17.2. The van der Waals surface area contributed by atoms with Crippen LogP contribution in [-0.4, -0.2) is 36.9 Å². The molecule has 5 heteroatoms. The van der Waals surface area contributed by atoms with Crippen LogP contribution in [0.15, 0.2) is 18.2 Å². The molecule has 0 radical (unpaired) electrons. The van der Waals surface area contributed by atoms with Crippen molar-refractivity contribution in [2.75, 3.05) is 19.8 Å². The molecule has 1 unspecified atom stereocenters. The zero-order chi connectivity index (χ0) is 14.1. The van der Waals surface area contributed by atoms with E-state index in [1.54, 1.807) is 6.92 Å². The van der Waals surface area contributed by atoms with Crippen LogP contribution in [0.4, 0.5) is 0 Å². The van der Waals surface area contributed by atoms with Gasteiger partial charge in [-0.2, -0.15) is 0 Å². The number of esters is 1. The van der Waals surface area contributed by atoms with E-state index in [9.17, 15) is 4.79 Å². The standard InChI is InChI=1S/C15H17NO4/c1-3-18-15(17)14-9(2)16-13-5-4-10(6-12(13)14)19-7-11-8-20-11/h4-6,11,16H,3,7-8H2,1-2H3. The van der Waals surface area contributed by atoms with Gasteiger partial charge in [-0.1, -0.05) is 0 Å². The first-order chi connectivity index (χ1) is 9.69. The van der Waals surface area contributed by atoms with Crippen molar-refractivity contribution < 1.29 is 19.0 Å². The van der Waals surface area contributed by atoms with Gasteiger partial charge in [0.1, 0.15) is 18.5 Å². The number of H-pyrrole nitrogens is 1. The molecule has 0 amide bonds. The van der Waals surface area contributed by atoms with Crippen molar-refractivity contribution in [3.8, 4) is 5.75 Å². The summed E-state index contributed by atoms with van der Waals surface area (Å²) in [4.78, 5) is 15.2. The smallest absolute Gasteiger partial charge is 0.340 e. The van der Waals surface area contributed by atoms with E-state index in [2.05, 4.69) is 4.98 Å². The molecule has 20 heavy (non-hydrogen) atoms. The van der Waals surface area contributed by atoms with Crippen molar-refractivity contribution in [1.82, 2.24) is 4.98 Å². The molecular weight excluding hydrogens is 258 g/mol. The summed E-state index contributed by atoms with van der Waals surface area (Å²) in [7, 11) is 0. The van der Waals surface area contributed by atoms with Crippen molar-refractivity contribution in [3.05, 3.63) is 29.5 Å². The van der Waals surface area contributed by atoms with E-state index in [4.69, 9.17) is 14.2 Å². The molecule has 2 heterocycles. The first-order valence-electron chi connectivity index (χ1n) is 6.73. The summed E-state index contributed by atoms with van der Waals surface area (Å²) < 4.78 is 15.9. The summed E-state index contributed by atoms with van der Waals surface area (Å²) in [5.74, 6) is 0.427. The molecule has 0 spiro atoms. The first kappa shape index (κ1) is 13.0. The quantitative estimate of drug-likeness (QED) is 0.672. The van der Waals surface area contributed by atoms with E-state index >= 15 is 0 Å². The molecular formula is C15H17NO4. The number of hydrogen-bond acceptors (Lipinski definition) is 4. The highest BCUT2D eigenvalue weighted by Crippen LogP contribution is 2.27. The van der Waals surface area contributed by atoms with Crippen molar-refractivity contribution in [1.29, 1.82) is 0 Å². The number of carbonyl (C=O) groups excluding carboxylic acids is 1. The molecule has 0 aliphatic carbocycles. The number of rotatable bonds is 5. The third-order valence-electron chi connectivity index (χ3n) is 3.28. The Balaban J connectivity index is 1.93. The molecule has 1 aromatic heterocycles. The number of ether oxygens (including phenoxy) is 3. The molecule has 3 rings (SSSR count). The summed E-state index contributed by atoms with van der Waals surface area (Å²) in [6, 6.07) is 5.66. The number of nitrogens with one attached hydrogen (secondary N) is 1. The number of aromatic amines is 1. The largest absolute Gasteiger partial charge is 0.491 e. The highest BCUT2D eigenvalue weighted by Gasteiger charge is 2.23. The Labute approximate surface area is 116 Å². The van der Waals surface area contributed by atoms with Gasteiger partial charge in [-0.3, -0.25) is 0 Å². The molecule has 1 atom stereocenters. The summed E-state index contributed by atoms with van der Waals surface area (Å²) in [5, 5.41) is 0.829. The van der Waals surface area contributed by atoms with Crippen LogP contribution >= 0.6 is 0 Å². The van der Waals surface area contributed by atoms with E-state index < -0.39 is 0 Å². The van der Waals surface area contributed by atoms with Gasteiger partial charge in [0.2, 0.25) is 0 Å². The zero-order valence-electron chi connectivity index (χ0n) is 11.6. The minimum atomic E-state index is -0.307. The fourth-order valence-electron chi connectivity index (χ4n) is 2.22. The second kappa shape index (κ2) is 5.17. The third kappa shape index (κ3) is 2.49. The molecule has 1 aliphatic heterocycles. The minimum absolute atomic E-state index is 0.211. The number of hydrogen-bond donors (Lipinski definition) is 1. The van der Waals surface area contributed by atoms with Gasteiger partial charge in [-0.05, 0) is 32.0 Å². The maximum absolute atomic E-state index is 12.0. The molecule has 1 fully saturated rings. The molecule has 106 valence electrons. The Morgan fingerprint density at radius 1 is 1.50 bits per heavy atom. The Kier molecular flexibility index (Phi) is 3.36. The van der Waals surface area contributed by atoms with Crippen LogP contribution < -0.4 is 4.74 Å². The van der Waals surface area contributed by atoms with Crippen LogP contribution in [0.25, 0.3) is 10.9 Å². The van der Waals surface area contributed by atoms with Crippen LogP contribution in [0.2, 0.25) is 0 Å². The van der Waals surface area contributed by atoms with E-state index in [1.807, 2.05) is 25.1 Å². The number of fused-ring (bicyclic) bond motifs is 1. The van der Waals surface area contributed by atoms with Crippen LogP contribution in [-0.2, 0) is 9.47 Å². The third-order valence-corrected chi connectivity index (χ3v) is 3.28. The maximum Gasteiger partial charge on any atom is 0.340 e. The predicted molar refractivity (Wildman–Crippen MR) is 74.2 cm³/mol. The van der Waals surface area contributed by atoms with Gasteiger partial charge in [0, 0.05) is 16.6 Å². The Morgan fingerprint density at radius 2 is 2.30 bits per heavy atom. The molecule has 1 aliphatic rings. The molecule has 1 saturated heterocycles. The summed E-state index contributed by atoms with van der Waals surface area (Å²) in [6.45, 7) is 5.33. The van der Waals surface area contributed by atoms with Gasteiger partial charge < -0.3 is 19.2 Å². The van der Waals surface area contributed by atoms with Crippen molar-refractivity contribution in [2.24, 2.45) is 0 Å². The highest BCUT2D eigenvalue weighted by atomic mass is 16.6. The average molecular weight is 275 g/mol. The molecule has 1 aromatic carbocycles. The number of epoxide rings is 1. The van der Waals surface area contributed by atoms with Crippen LogP contribution in [0.5, 0.6) is 5.75 Å². The van der Waals surface area contributed by atoms with Gasteiger partial charge in [0.25, 0.3) is 0 Å². The van der Waals surface area contributed by atoms with Crippen LogP contribution in [0, 0.1) is 6.92 Å². The summed E-state index contributed by atoms with van der Waals surface area (Å²) >= 11 is 0. The van der Waals surface area contributed by atoms with Crippen molar-refractivity contribution in [2.45, 2.75) is 20.0 Å². The monoisotopic (exact) mass is 275 g/mol. The van der Waals surface area contributed by atoms with Gasteiger partial charge in [0.15, 0.2) is 0 Å². The molecule has 0 saturated carbocycles. The van der Waals surface area contributed by atoms with Gasteiger partial charge in [0.05, 0.1) is 18.8 Å². The molecule has 2 aromatic rings. The van der Waals surface area contributed by atoms with E-state index in [1.165, 1.54) is 0 Å². The van der Waals surface area contributed by atoms with Crippen LogP contribution in [0.3, 0.4) is 0 Å².